The molecule has 2 aromatic carbocycles. The van der Waals surface area contributed by atoms with Crippen molar-refractivity contribution in [1.82, 2.24) is 15.5 Å². The van der Waals surface area contributed by atoms with E-state index in [4.69, 9.17) is 9.47 Å². The molecule has 0 spiro atoms. The fourth-order valence-corrected chi connectivity index (χ4v) is 3.48. The minimum Gasteiger partial charge on any atom is -0.489 e. The third-order valence-electron chi connectivity index (χ3n) is 5.23. The number of hydrogen-bond acceptors (Lipinski definition) is 4. The van der Waals surface area contributed by atoms with Gasteiger partial charge < -0.3 is 25.0 Å². The molecule has 0 saturated carbocycles. The van der Waals surface area contributed by atoms with E-state index in [1.807, 2.05) is 42.2 Å². The van der Waals surface area contributed by atoms with E-state index in [-0.39, 0.29) is 23.7 Å². The lowest BCUT2D eigenvalue weighted by atomic mass is 9.97. The Kier molecular flexibility index (Phi) is 8.86. The first-order valence-corrected chi connectivity index (χ1v) is 10.8. The van der Waals surface area contributed by atoms with E-state index in [0.29, 0.717) is 51.1 Å². The number of carbonyl (C=O) groups is 1. The summed E-state index contributed by atoms with van der Waals surface area (Å²) in [5.74, 6) is 0.627. The molecule has 172 valence electrons. The Morgan fingerprint density at radius 3 is 2.41 bits per heavy atom. The summed E-state index contributed by atoms with van der Waals surface area (Å²) in [5.41, 5.74) is 0.958. The molecule has 1 amide bonds. The van der Waals surface area contributed by atoms with Crippen LogP contribution in [0.25, 0.3) is 0 Å². The zero-order chi connectivity index (χ0) is 22.8. The van der Waals surface area contributed by atoms with Crippen LogP contribution in [0.2, 0.25) is 0 Å². The second kappa shape index (κ2) is 12.0. The molecule has 1 aliphatic heterocycles. The summed E-state index contributed by atoms with van der Waals surface area (Å²) >= 11 is 0. The van der Waals surface area contributed by atoms with Gasteiger partial charge >= 0.3 is 0 Å². The number of benzene rings is 2. The summed E-state index contributed by atoms with van der Waals surface area (Å²) in [4.78, 5) is 19.3. The highest BCUT2D eigenvalue weighted by Crippen LogP contribution is 2.19. The molecule has 0 aliphatic carbocycles. The van der Waals surface area contributed by atoms with Crippen molar-refractivity contribution in [2.45, 2.75) is 18.9 Å². The molecule has 0 bridgehead atoms. The number of halogens is 1. The average Bonchev–Trinajstić information content (AvgIpc) is 2.83. The topological polar surface area (TPSA) is 75.2 Å². The summed E-state index contributed by atoms with van der Waals surface area (Å²) in [7, 11) is 1.68. The lowest BCUT2D eigenvalue weighted by Crippen LogP contribution is -2.48. The molecule has 1 aliphatic rings. The van der Waals surface area contributed by atoms with Crippen LogP contribution in [0.3, 0.4) is 0 Å². The quantitative estimate of drug-likeness (QED) is 0.485. The maximum absolute atomic E-state index is 13.2. The summed E-state index contributed by atoms with van der Waals surface area (Å²) in [5, 5.41) is 6.49. The van der Waals surface area contributed by atoms with Gasteiger partial charge in [-0.05, 0) is 36.8 Å². The molecule has 3 rings (SSSR count). The summed E-state index contributed by atoms with van der Waals surface area (Å²) < 4.78 is 24.2. The van der Waals surface area contributed by atoms with Crippen molar-refractivity contribution in [2.75, 3.05) is 46.4 Å². The third-order valence-corrected chi connectivity index (χ3v) is 5.23. The van der Waals surface area contributed by atoms with Gasteiger partial charge in [0.1, 0.15) is 17.7 Å². The number of amides is 1. The number of aliphatic imine (C=N–C) groups is 1. The van der Waals surface area contributed by atoms with Crippen LogP contribution in [0.5, 0.6) is 5.75 Å². The van der Waals surface area contributed by atoms with E-state index in [2.05, 4.69) is 15.6 Å². The molecular weight excluding hydrogens is 411 g/mol. The van der Waals surface area contributed by atoms with Gasteiger partial charge in [0.15, 0.2) is 5.96 Å². The second-order valence-electron chi connectivity index (χ2n) is 7.62. The van der Waals surface area contributed by atoms with Crippen molar-refractivity contribution in [1.29, 1.82) is 0 Å². The maximum atomic E-state index is 13.2. The van der Waals surface area contributed by atoms with Crippen LogP contribution in [0.15, 0.2) is 59.6 Å². The lowest BCUT2D eigenvalue weighted by molar-refractivity contribution is -0.136. The van der Waals surface area contributed by atoms with Crippen molar-refractivity contribution in [3.8, 4) is 5.75 Å². The first-order chi connectivity index (χ1) is 15.6. The minimum absolute atomic E-state index is 0.0791. The van der Waals surface area contributed by atoms with Gasteiger partial charge in [0.25, 0.3) is 0 Å². The predicted octanol–water partition coefficient (Wildman–Crippen LogP) is 2.40. The zero-order valence-electron chi connectivity index (χ0n) is 18.6. The van der Waals surface area contributed by atoms with E-state index in [9.17, 15) is 9.18 Å². The summed E-state index contributed by atoms with van der Waals surface area (Å²) in [6.45, 7) is 5.16. The molecule has 2 atom stereocenters. The van der Waals surface area contributed by atoms with E-state index in [0.717, 1.165) is 5.56 Å². The Balaban J connectivity index is 1.56. The van der Waals surface area contributed by atoms with Gasteiger partial charge in [-0.1, -0.05) is 30.3 Å². The van der Waals surface area contributed by atoms with Gasteiger partial charge in [0.05, 0.1) is 25.7 Å². The highest BCUT2D eigenvalue weighted by atomic mass is 19.1. The Morgan fingerprint density at radius 1 is 1.09 bits per heavy atom. The third kappa shape index (κ3) is 6.95. The molecule has 1 heterocycles. The maximum Gasteiger partial charge on any atom is 0.232 e. The molecule has 2 aromatic rings. The van der Waals surface area contributed by atoms with Crippen molar-refractivity contribution in [3.63, 3.8) is 0 Å². The van der Waals surface area contributed by atoms with Crippen LogP contribution in [0, 0.1) is 5.82 Å². The SMILES string of the molecule is CN=C(NCC(C)Oc1ccc(F)cc1)NCC(C(=O)N1CCOCC1)c1ccccc1. The fourth-order valence-electron chi connectivity index (χ4n) is 3.48. The Morgan fingerprint density at radius 2 is 1.75 bits per heavy atom. The van der Waals surface area contributed by atoms with Crippen molar-refractivity contribution >= 4 is 11.9 Å². The van der Waals surface area contributed by atoms with Crippen LogP contribution >= 0.6 is 0 Å². The molecule has 32 heavy (non-hydrogen) atoms. The van der Waals surface area contributed by atoms with Crippen LogP contribution in [-0.2, 0) is 9.53 Å². The van der Waals surface area contributed by atoms with Crippen LogP contribution in [0.1, 0.15) is 18.4 Å². The molecule has 1 saturated heterocycles. The largest absolute Gasteiger partial charge is 0.489 e. The number of hydrogen-bond donors (Lipinski definition) is 2. The molecular formula is C24H31FN4O3. The van der Waals surface area contributed by atoms with E-state index >= 15 is 0 Å². The number of carbonyl (C=O) groups excluding carboxylic acids is 1. The fraction of sp³-hybridized carbons (Fsp3) is 0.417. The normalized spacial score (nSPS) is 16.2. The van der Waals surface area contributed by atoms with Gasteiger partial charge in [0.2, 0.25) is 5.91 Å². The monoisotopic (exact) mass is 442 g/mol. The first kappa shape index (κ1) is 23.5. The van der Waals surface area contributed by atoms with Crippen LogP contribution < -0.4 is 15.4 Å². The summed E-state index contributed by atoms with van der Waals surface area (Å²) in [6.07, 6.45) is -0.168. The Bertz CT molecular complexity index is 871. The first-order valence-electron chi connectivity index (χ1n) is 10.8. The average molecular weight is 443 g/mol. The second-order valence-corrected chi connectivity index (χ2v) is 7.62. The predicted molar refractivity (Wildman–Crippen MR) is 122 cm³/mol. The van der Waals surface area contributed by atoms with Crippen molar-refractivity contribution < 1.29 is 18.7 Å². The number of guanidine groups is 1. The summed E-state index contributed by atoms with van der Waals surface area (Å²) in [6, 6.07) is 15.7. The molecule has 0 radical (unpaired) electrons. The number of nitrogens with zero attached hydrogens (tertiary/aromatic N) is 2. The molecule has 8 heteroatoms. The Labute approximate surface area is 188 Å². The molecule has 2 N–H and O–H groups in total. The van der Waals surface area contributed by atoms with Crippen molar-refractivity contribution in [3.05, 3.63) is 66.0 Å². The van der Waals surface area contributed by atoms with Gasteiger partial charge in [-0.3, -0.25) is 9.79 Å². The highest BCUT2D eigenvalue weighted by molar-refractivity contribution is 5.86. The Hall–Kier alpha value is -3.13. The van der Waals surface area contributed by atoms with Crippen molar-refractivity contribution in [2.24, 2.45) is 4.99 Å². The zero-order valence-corrected chi connectivity index (χ0v) is 18.6. The highest BCUT2D eigenvalue weighted by Gasteiger charge is 2.27. The molecule has 2 unspecified atom stereocenters. The van der Waals surface area contributed by atoms with Crippen LogP contribution in [-0.4, -0.2) is 69.3 Å². The van der Waals surface area contributed by atoms with E-state index in [1.54, 1.807) is 19.2 Å². The number of rotatable bonds is 8. The van der Waals surface area contributed by atoms with Gasteiger partial charge in [0, 0.05) is 26.7 Å². The van der Waals surface area contributed by atoms with Crippen LogP contribution in [0.4, 0.5) is 4.39 Å². The standard InChI is InChI=1S/C24H31FN4O3/c1-18(32-21-10-8-20(25)9-11-21)16-27-24(26-2)28-17-22(19-6-4-3-5-7-19)23(30)29-12-14-31-15-13-29/h3-11,18,22H,12-17H2,1-2H3,(H2,26,27,28). The minimum atomic E-state index is -0.333. The number of morpholine rings is 1. The van der Waals surface area contributed by atoms with Gasteiger partial charge in [-0.15, -0.1) is 0 Å². The van der Waals surface area contributed by atoms with E-state index in [1.165, 1.54) is 12.1 Å². The number of nitrogens with one attached hydrogen (secondary N) is 2. The van der Waals surface area contributed by atoms with E-state index < -0.39 is 0 Å². The van der Waals surface area contributed by atoms with Gasteiger partial charge in [-0.2, -0.15) is 0 Å². The number of ether oxygens (including phenoxy) is 2. The smallest absolute Gasteiger partial charge is 0.232 e. The molecule has 1 fully saturated rings. The van der Waals surface area contributed by atoms with Gasteiger partial charge in [-0.25, -0.2) is 4.39 Å². The molecule has 7 nitrogen and oxygen atoms in total. The lowest BCUT2D eigenvalue weighted by Gasteiger charge is -2.31. The molecule has 0 aromatic heterocycles.